The summed E-state index contributed by atoms with van der Waals surface area (Å²) in [4.78, 5) is 4.20. The van der Waals surface area contributed by atoms with Crippen LogP contribution in [0.1, 0.15) is 13.3 Å². The normalized spacial score (nSPS) is 12.4. The summed E-state index contributed by atoms with van der Waals surface area (Å²) in [5.41, 5.74) is 0.788. The zero-order chi connectivity index (χ0) is 13.0. The minimum atomic E-state index is -0.0855. The number of halogens is 1. The van der Waals surface area contributed by atoms with E-state index < -0.39 is 0 Å². The molecule has 1 aromatic carbocycles. The van der Waals surface area contributed by atoms with Gasteiger partial charge >= 0.3 is 6.01 Å². The Labute approximate surface area is 110 Å². The van der Waals surface area contributed by atoms with Crippen LogP contribution in [0.4, 0.5) is 6.01 Å². The van der Waals surface area contributed by atoms with Crippen LogP contribution in [0, 0.1) is 0 Å². The lowest BCUT2D eigenvalue weighted by Crippen LogP contribution is -2.22. The Bertz CT molecular complexity index is 512. The predicted octanol–water partition coefficient (Wildman–Crippen LogP) is 2.57. The van der Waals surface area contributed by atoms with Crippen LogP contribution in [-0.4, -0.2) is 27.9 Å². The fraction of sp³-hybridized carbons (Fsp3) is 0.333. The number of aliphatic hydroxyl groups excluding tert-OH is 1. The molecule has 0 saturated carbocycles. The number of benzene rings is 1. The Morgan fingerprint density at radius 1 is 1.50 bits per heavy atom. The third kappa shape index (κ3) is 3.00. The summed E-state index contributed by atoms with van der Waals surface area (Å²) >= 11 is 5.90. The van der Waals surface area contributed by atoms with Gasteiger partial charge in [-0.3, -0.25) is 0 Å². The SMILES string of the molecule is CC[C@@H](CO)Nc1nc(-c2cccc(Cl)c2)no1. The molecule has 96 valence electrons. The Hall–Kier alpha value is -1.59. The van der Waals surface area contributed by atoms with Gasteiger partial charge in [0.15, 0.2) is 0 Å². The summed E-state index contributed by atoms with van der Waals surface area (Å²) in [6, 6.07) is 7.43. The zero-order valence-electron chi connectivity index (χ0n) is 9.93. The van der Waals surface area contributed by atoms with E-state index in [1.165, 1.54) is 0 Å². The number of hydrogen-bond acceptors (Lipinski definition) is 5. The summed E-state index contributed by atoms with van der Waals surface area (Å²) in [7, 11) is 0. The molecular weight excluding hydrogens is 254 g/mol. The molecule has 0 radical (unpaired) electrons. The maximum Gasteiger partial charge on any atom is 0.322 e. The number of aromatic nitrogens is 2. The molecule has 1 aromatic heterocycles. The standard InChI is InChI=1S/C12H14ClN3O2/c1-2-10(7-17)14-12-15-11(16-18-12)8-4-3-5-9(13)6-8/h3-6,10,17H,2,7H2,1H3,(H,14,15,16)/t10-/m0/s1. The van der Waals surface area contributed by atoms with Crippen LogP contribution in [0.3, 0.4) is 0 Å². The molecule has 0 aliphatic rings. The highest BCUT2D eigenvalue weighted by Gasteiger charge is 2.12. The molecular formula is C12H14ClN3O2. The van der Waals surface area contributed by atoms with E-state index >= 15 is 0 Å². The summed E-state index contributed by atoms with van der Waals surface area (Å²) in [5, 5.41) is 16.5. The maximum atomic E-state index is 9.08. The van der Waals surface area contributed by atoms with Gasteiger partial charge in [0.25, 0.3) is 0 Å². The lowest BCUT2D eigenvalue weighted by atomic mass is 10.2. The van der Waals surface area contributed by atoms with E-state index in [0.717, 1.165) is 12.0 Å². The van der Waals surface area contributed by atoms with Crippen molar-refractivity contribution in [3.05, 3.63) is 29.3 Å². The van der Waals surface area contributed by atoms with E-state index in [1.54, 1.807) is 12.1 Å². The molecule has 0 aliphatic heterocycles. The summed E-state index contributed by atoms with van der Waals surface area (Å²) < 4.78 is 5.07. The van der Waals surface area contributed by atoms with Crippen molar-refractivity contribution < 1.29 is 9.63 Å². The average molecular weight is 268 g/mol. The largest absolute Gasteiger partial charge is 0.394 e. The van der Waals surface area contributed by atoms with Gasteiger partial charge in [-0.2, -0.15) is 4.98 Å². The second-order valence-electron chi connectivity index (χ2n) is 3.87. The van der Waals surface area contributed by atoms with E-state index in [4.69, 9.17) is 21.2 Å². The Kier molecular flexibility index (Phi) is 4.17. The Morgan fingerprint density at radius 2 is 2.33 bits per heavy atom. The Morgan fingerprint density at radius 3 is 3.00 bits per heavy atom. The zero-order valence-corrected chi connectivity index (χ0v) is 10.7. The van der Waals surface area contributed by atoms with Crippen molar-refractivity contribution in [2.75, 3.05) is 11.9 Å². The molecule has 18 heavy (non-hydrogen) atoms. The van der Waals surface area contributed by atoms with Crippen molar-refractivity contribution >= 4 is 17.6 Å². The fourth-order valence-electron chi connectivity index (χ4n) is 1.48. The molecule has 0 fully saturated rings. The van der Waals surface area contributed by atoms with Crippen LogP contribution < -0.4 is 5.32 Å². The first-order chi connectivity index (χ1) is 8.72. The van der Waals surface area contributed by atoms with Crippen LogP contribution in [0.5, 0.6) is 0 Å². The minimum Gasteiger partial charge on any atom is -0.394 e. The molecule has 0 unspecified atom stereocenters. The van der Waals surface area contributed by atoms with E-state index in [-0.39, 0.29) is 12.6 Å². The fourth-order valence-corrected chi connectivity index (χ4v) is 1.67. The van der Waals surface area contributed by atoms with Gasteiger partial charge in [0, 0.05) is 10.6 Å². The summed E-state index contributed by atoms with van der Waals surface area (Å²) in [6.45, 7) is 1.98. The number of rotatable bonds is 5. The van der Waals surface area contributed by atoms with E-state index in [2.05, 4.69) is 15.5 Å². The van der Waals surface area contributed by atoms with Crippen molar-refractivity contribution in [2.45, 2.75) is 19.4 Å². The molecule has 0 aliphatic carbocycles. The molecule has 6 heteroatoms. The van der Waals surface area contributed by atoms with E-state index in [9.17, 15) is 0 Å². The lowest BCUT2D eigenvalue weighted by molar-refractivity contribution is 0.268. The van der Waals surface area contributed by atoms with Crippen LogP contribution in [0.2, 0.25) is 5.02 Å². The number of hydrogen-bond donors (Lipinski definition) is 2. The topological polar surface area (TPSA) is 71.2 Å². The first-order valence-corrected chi connectivity index (χ1v) is 6.07. The number of nitrogens with zero attached hydrogens (tertiary/aromatic N) is 2. The van der Waals surface area contributed by atoms with Gasteiger partial charge < -0.3 is 14.9 Å². The van der Waals surface area contributed by atoms with Gasteiger partial charge in [0.2, 0.25) is 5.82 Å². The summed E-state index contributed by atoms with van der Waals surface area (Å²) in [6.07, 6.45) is 0.769. The second-order valence-corrected chi connectivity index (χ2v) is 4.30. The highest BCUT2D eigenvalue weighted by Crippen LogP contribution is 2.21. The van der Waals surface area contributed by atoms with Gasteiger partial charge in [-0.15, -0.1) is 0 Å². The molecule has 0 spiro atoms. The molecule has 0 bridgehead atoms. The van der Waals surface area contributed by atoms with Gasteiger partial charge in [-0.1, -0.05) is 35.8 Å². The highest BCUT2D eigenvalue weighted by molar-refractivity contribution is 6.30. The molecule has 5 nitrogen and oxygen atoms in total. The molecule has 0 amide bonds. The third-order valence-corrected chi connectivity index (χ3v) is 2.78. The molecule has 2 rings (SSSR count). The molecule has 1 atom stereocenters. The van der Waals surface area contributed by atoms with Crippen LogP contribution in [-0.2, 0) is 0 Å². The summed E-state index contributed by atoms with van der Waals surface area (Å²) in [5.74, 6) is 0.466. The van der Waals surface area contributed by atoms with Crippen LogP contribution >= 0.6 is 11.6 Å². The quantitative estimate of drug-likeness (QED) is 0.871. The number of aliphatic hydroxyl groups is 1. The van der Waals surface area contributed by atoms with Crippen molar-refractivity contribution in [2.24, 2.45) is 0 Å². The van der Waals surface area contributed by atoms with Crippen LogP contribution in [0.25, 0.3) is 11.4 Å². The minimum absolute atomic E-state index is 0.0192. The maximum absolute atomic E-state index is 9.08. The lowest BCUT2D eigenvalue weighted by Gasteiger charge is -2.10. The number of nitrogens with one attached hydrogen (secondary N) is 1. The van der Waals surface area contributed by atoms with Crippen molar-refractivity contribution in [1.82, 2.24) is 10.1 Å². The first kappa shape index (κ1) is 12.9. The van der Waals surface area contributed by atoms with E-state index in [1.807, 2.05) is 19.1 Å². The molecule has 1 heterocycles. The van der Waals surface area contributed by atoms with Gasteiger partial charge in [0.1, 0.15) is 0 Å². The molecule has 2 aromatic rings. The van der Waals surface area contributed by atoms with Crippen LogP contribution in [0.15, 0.2) is 28.8 Å². The Balaban J connectivity index is 2.15. The number of anilines is 1. The third-order valence-electron chi connectivity index (χ3n) is 2.55. The average Bonchev–Trinajstić information content (AvgIpc) is 2.84. The van der Waals surface area contributed by atoms with Crippen molar-refractivity contribution in [1.29, 1.82) is 0 Å². The highest BCUT2D eigenvalue weighted by atomic mass is 35.5. The van der Waals surface area contributed by atoms with Crippen molar-refractivity contribution in [3.63, 3.8) is 0 Å². The molecule has 0 saturated heterocycles. The smallest absolute Gasteiger partial charge is 0.322 e. The van der Waals surface area contributed by atoms with Gasteiger partial charge in [-0.05, 0) is 18.6 Å². The monoisotopic (exact) mass is 267 g/mol. The first-order valence-electron chi connectivity index (χ1n) is 5.70. The molecule has 2 N–H and O–H groups in total. The second kappa shape index (κ2) is 5.84. The van der Waals surface area contributed by atoms with E-state index in [0.29, 0.717) is 16.9 Å². The van der Waals surface area contributed by atoms with Gasteiger partial charge in [0.05, 0.1) is 12.6 Å². The van der Waals surface area contributed by atoms with Crippen molar-refractivity contribution in [3.8, 4) is 11.4 Å². The predicted molar refractivity (Wildman–Crippen MR) is 69.5 cm³/mol. The van der Waals surface area contributed by atoms with Gasteiger partial charge in [-0.25, -0.2) is 0 Å².